The molecule has 0 bridgehead atoms. The van der Waals surface area contributed by atoms with Gasteiger partial charge in [-0.05, 0) is 47.2 Å². The van der Waals surface area contributed by atoms with Crippen molar-refractivity contribution in [1.82, 2.24) is 4.98 Å². The Kier molecular flexibility index (Phi) is 2.35. The molecular formula is C13H16N2. The first-order valence-electron chi connectivity index (χ1n) is 5.20. The summed E-state index contributed by atoms with van der Waals surface area (Å²) >= 11 is 0. The highest BCUT2D eigenvalue weighted by Crippen LogP contribution is 2.28. The zero-order valence-corrected chi connectivity index (χ0v) is 9.17. The van der Waals surface area contributed by atoms with Gasteiger partial charge >= 0.3 is 0 Å². The highest BCUT2D eigenvalue weighted by atomic mass is 14.7. The summed E-state index contributed by atoms with van der Waals surface area (Å²) in [6, 6.07) is 8.54. The monoisotopic (exact) mass is 200 g/mol. The fraction of sp³-hybridized carbons (Fsp3) is 0.308. The number of H-pyrrole nitrogens is 1. The van der Waals surface area contributed by atoms with E-state index in [1.807, 2.05) is 6.20 Å². The van der Waals surface area contributed by atoms with Crippen molar-refractivity contribution in [1.29, 1.82) is 5.41 Å². The van der Waals surface area contributed by atoms with Crippen molar-refractivity contribution in [3.8, 4) is 0 Å². The van der Waals surface area contributed by atoms with Crippen molar-refractivity contribution in [2.45, 2.75) is 25.7 Å². The number of fused-ring (bicyclic) bond motifs is 1. The molecule has 0 atom stereocenters. The molecule has 0 unspecified atom stereocenters. The Balaban J connectivity index is 2.47. The van der Waals surface area contributed by atoms with Gasteiger partial charge in [0.1, 0.15) is 0 Å². The molecule has 0 amide bonds. The van der Waals surface area contributed by atoms with Gasteiger partial charge in [0.2, 0.25) is 0 Å². The maximum atomic E-state index is 7.21. The van der Waals surface area contributed by atoms with Crippen LogP contribution in [0.3, 0.4) is 0 Å². The average molecular weight is 200 g/mol. The Hall–Kier alpha value is -1.57. The van der Waals surface area contributed by atoms with Gasteiger partial charge in [0.05, 0.1) is 0 Å². The molecule has 78 valence electrons. The van der Waals surface area contributed by atoms with Crippen molar-refractivity contribution < 1.29 is 0 Å². The summed E-state index contributed by atoms with van der Waals surface area (Å²) in [6.45, 7) is 4.34. The molecule has 1 aromatic carbocycles. The van der Waals surface area contributed by atoms with Crippen molar-refractivity contribution in [2.75, 3.05) is 0 Å². The highest BCUT2D eigenvalue weighted by molar-refractivity contribution is 5.80. The summed E-state index contributed by atoms with van der Waals surface area (Å²) in [5, 5.41) is 8.45. The van der Waals surface area contributed by atoms with Crippen LogP contribution in [0.15, 0.2) is 30.5 Å². The number of hydrogen-bond donors (Lipinski definition) is 2. The van der Waals surface area contributed by atoms with Gasteiger partial charge in [0.15, 0.2) is 0 Å². The summed E-state index contributed by atoms with van der Waals surface area (Å²) in [5.41, 5.74) is 2.51. The van der Waals surface area contributed by atoms with Crippen LogP contribution in [0.25, 0.3) is 10.9 Å². The average Bonchev–Trinajstić information content (AvgIpc) is 2.63. The van der Waals surface area contributed by atoms with Crippen LogP contribution in [0.4, 0.5) is 0 Å². The summed E-state index contributed by atoms with van der Waals surface area (Å²) in [5.74, 6) is 0. The Bertz CT molecular complexity index is 480. The molecule has 2 rings (SSSR count). The Morgan fingerprint density at radius 3 is 2.87 bits per heavy atom. The molecule has 2 aromatic rings. The number of rotatable bonds is 3. The largest absolute Gasteiger partial charge is 0.361 e. The van der Waals surface area contributed by atoms with Gasteiger partial charge in [-0.25, -0.2) is 0 Å². The van der Waals surface area contributed by atoms with E-state index in [0.717, 1.165) is 6.42 Å². The number of benzene rings is 1. The number of aromatic nitrogens is 1. The Morgan fingerprint density at radius 2 is 2.13 bits per heavy atom. The van der Waals surface area contributed by atoms with Gasteiger partial charge in [-0.15, -0.1) is 0 Å². The third-order valence-electron chi connectivity index (χ3n) is 2.95. The summed E-state index contributed by atoms with van der Waals surface area (Å²) in [7, 11) is 0. The Labute approximate surface area is 89.8 Å². The molecule has 0 saturated carbocycles. The van der Waals surface area contributed by atoms with Crippen LogP contribution in [-0.2, 0) is 5.41 Å². The lowest BCUT2D eigenvalue weighted by atomic mass is 9.81. The third kappa shape index (κ3) is 1.80. The van der Waals surface area contributed by atoms with Gasteiger partial charge in [-0.3, -0.25) is 0 Å². The fourth-order valence-electron chi connectivity index (χ4n) is 1.85. The minimum Gasteiger partial charge on any atom is -0.361 e. The van der Waals surface area contributed by atoms with Crippen molar-refractivity contribution >= 4 is 17.1 Å². The van der Waals surface area contributed by atoms with E-state index in [1.165, 1.54) is 22.7 Å². The predicted octanol–water partition coefficient (Wildman–Crippen LogP) is 3.49. The number of aromatic amines is 1. The van der Waals surface area contributed by atoms with Gasteiger partial charge in [-0.1, -0.05) is 19.9 Å². The van der Waals surface area contributed by atoms with Gasteiger partial charge in [0.25, 0.3) is 0 Å². The van der Waals surface area contributed by atoms with Crippen LogP contribution in [0.1, 0.15) is 25.8 Å². The standard InChI is InChI=1S/C13H16N2/c1-13(2,6-7-14)11-3-4-12-10(9-11)5-8-15-12/h3-5,7-9,14-15H,6H2,1-2H3. The molecule has 0 saturated heterocycles. The molecule has 2 heteroatoms. The molecule has 0 aliphatic heterocycles. The van der Waals surface area contributed by atoms with E-state index in [2.05, 4.69) is 43.1 Å². The summed E-state index contributed by atoms with van der Waals surface area (Å²) in [6.07, 6.45) is 4.22. The van der Waals surface area contributed by atoms with Crippen LogP contribution in [-0.4, -0.2) is 11.2 Å². The van der Waals surface area contributed by atoms with Crippen molar-refractivity contribution in [3.63, 3.8) is 0 Å². The lowest BCUT2D eigenvalue weighted by Gasteiger charge is -2.23. The highest BCUT2D eigenvalue weighted by Gasteiger charge is 2.19. The second-order valence-electron chi connectivity index (χ2n) is 4.57. The first kappa shape index (κ1) is 9.97. The molecule has 0 radical (unpaired) electrons. The van der Waals surface area contributed by atoms with Crippen LogP contribution >= 0.6 is 0 Å². The SMILES string of the molecule is CC(C)(CC=N)c1ccc2[nH]ccc2c1. The lowest BCUT2D eigenvalue weighted by molar-refractivity contribution is 0.554. The second-order valence-corrected chi connectivity index (χ2v) is 4.57. The van der Waals surface area contributed by atoms with Crippen LogP contribution in [0.2, 0.25) is 0 Å². The zero-order chi connectivity index (χ0) is 10.9. The summed E-state index contributed by atoms with van der Waals surface area (Å²) < 4.78 is 0. The maximum Gasteiger partial charge on any atom is 0.0454 e. The van der Waals surface area contributed by atoms with Crippen LogP contribution in [0.5, 0.6) is 0 Å². The van der Waals surface area contributed by atoms with Gasteiger partial charge in [0, 0.05) is 11.7 Å². The van der Waals surface area contributed by atoms with E-state index in [0.29, 0.717) is 0 Å². The fourth-order valence-corrected chi connectivity index (χ4v) is 1.85. The maximum absolute atomic E-state index is 7.21. The molecule has 2 N–H and O–H groups in total. The molecule has 0 fully saturated rings. The van der Waals surface area contributed by atoms with E-state index in [4.69, 9.17) is 5.41 Å². The van der Waals surface area contributed by atoms with E-state index in [9.17, 15) is 0 Å². The van der Waals surface area contributed by atoms with Gasteiger partial charge in [-0.2, -0.15) is 0 Å². The predicted molar refractivity (Wildman–Crippen MR) is 64.7 cm³/mol. The van der Waals surface area contributed by atoms with E-state index >= 15 is 0 Å². The molecule has 1 heterocycles. The minimum atomic E-state index is 0.0488. The minimum absolute atomic E-state index is 0.0488. The van der Waals surface area contributed by atoms with E-state index < -0.39 is 0 Å². The van der Waals surface area contributed by atoms with Crippen molar-refractivity contribution in [2.24, 2.45) is 0 Å². The van der Waals surface area contributed by atoms with E-state index in [1.54, 1.807) is 0 Å². The quantitative estimate of drug-likeness (QED) is 0.712. The second kappa shape index (κ2) is 3.54. The molecule has 15 heavy (non-hydrogen) atoms. The van der Waals surface area contributed by atoms with Crippen LogP contribution < -0.4 is 0 Å². The number of hydrogen-bond acceptors (Lipinski definition) is 1. The Morgan fingerprint density at radius 1 is 1.33 bits per heavy atom. The smallest absolute Gasteiger partial charge is 0.0454 e. The number of nitrogens with one attached hydrogen (secondary N) is 2. The zero-order valence-electron chi connectivity index (χ0n) is 9.17. The van der Waals surface area contributed by atoms with Crippen LogP contribution in [0, 0.1) is 5.41 Å². The molecule has 0 aliphatic rings. The molecule has 1 aromatic heterocycles. The summed E-state index contributed by atoms with van der Waals surface area (Å²) in [4.78, 5) is 3.19. The first-order chi connectivity index (χ1) is 7.13. The molecule has 0 spiro atoms. The van der Waals surface area contributed by atoms with Gasteiger partial charge < -0.3 is 10.4 Å². The molecular weight excluding hydrogens is 184 g/mol. The topological polar surface area (TPSA) is 39.6 Å². The first-order valence-corrected chi connectivity index (χ1v) is 5.20. The molecule has 2 nitrogen and oxygen atoms in total. The molecule has 0 aliphatic carbocycles. The normalized spacial score (nSPS) is 11.9. The van der Waals surface area contributed by atoms with Crippen molar-refractivity contribution in [3.05, 3.63) is 36.0 Å². The van der Waals surface area contributed by atoms with E-state index in [-0.39, 0.29) is 5.41 Å². The lowest BCUT2D eigenvalue weighted by Crippen LogP contribution is -2.17. The third-order valence-corrected chi connectivity index (χ3v) is 2.95.